The zero-order valence-electron chi connectivity index (χ0n) is 12.1. The van der Waals surface area contributed by atoms with E-state index in [-0.39, 0.29) is 16.3 Å². The second-order valence-electron chi connectivity index (χ2n) is 4.70. The summed E-state index contributed by atoms with van der Waals surface area (Å²) in [5, 5.41) is 0. The molecule has 0 amide bonds. The van der Waals surface area contributed by atoms with Gasteiger partial charge in [-0.05, 0) is 31.0 Å². The van der Waals surface area contributed by atoms with Crippen LogP contribution in [-0.2, 0) is 15.9 Å². The van der Waals surface area contributed by atoms with Gasteiger partial charge in [-0.2, -0.15) is 4.31 Å². The molecule has 0 heterocycles. The highest BCUT2D eigenvalue weighted by molar-refractivity contribution is 7.89. The van der Waals surface area contributed by atoms with Gasteiger partial charge in [-0.1, -0.05) is 20.3 Å². The maximum absolute atomic E-state index is 13.8. The molecule has 0 aliphatic carbocycles. The summed E-state index contributed by atoms with van der Waals surface area (Å²) in [5.74, 6) is -0.479. The van der Waals surface area contributed by atoms with Crippen molar-refractivity contribution in [1.82, 2.24) is 4.31 Å². The smallest absolute Gasteiger partial charge is 0.207 e. The highest BCUT2D eigenvalue weighted by atomic mass is 35.5. The van der Waals surface area contributed by atoms with E-state index < -0.39 is 15.8 Å². The van der Waals surface area contributed by atoms with Gasteiger partial charge in [0.15, 0.2) is 0 Å². The third-order valence-electron chi connectivity index (χ3n) is 3.20. The minimum Gasteiger partial charge on any atom is -0.207 e. The molecule has 1 aromatic rings. The first-order chi connectivity index (χ1) is 9.38. The molecule has 0 aliphatic rings. The average molecular weight is 322 g/mol. The summed E-state index contributed by atoms with van der Waals surface area (Å²) in [6, 6.07) is 2.70. The summed E-state index contributed by atoms with van der Waals surface area (Å²) in [7, 11) is -3.59. The molecule has 20 heavy (non-hydrogen) atoms. The summed E-state index contributed by atoms with van der Waals surface area (Å²) >= 11 is 5.67. The van der Waals surface area contributed by atoms with Crippen molar-refractivity contribution < 1.29 is 12.8 Å². The molecule has 0 aromatic heterocycles. The van der Waals surface area contributed by atoms with E-state index in [0.717, 1.165) is 12.8 Å². The zero-order valence-corrected chi connectivity index (χ0v) is 13.7. The lowest BCUT2D eigenvalue weighted by atomic mass is 10.1. The predicted octanol–water partition coefficient (Wildman–Crippen LogP) is 3.68. The summed E-state index contributed by atoms with van der Waals surface area (Å²) < 4.78 is 40.3. The molecule has 0 radical (unpaired) electrons. The molecule has 114 valence electrons. The second-order valence-corrected chi connectivity index (χ2v) is 6.90. The van der Waals surface area contributed by atoms with Gasteiger partial charge < -0.3 is 0 Å². The fraction of sp³-hybridized carbons (Fsp3) is 0.571. The number of hydrogen-bond acceptors (Lipinski definition) is 2. The van der Waals surface area contributed by atoms with Crippen molar-refractivity contribution in [2.75, 3.05) is 13.1 Å². The number of hydrogen-bond donors (Lipinski definition) is 0. The van der Waals surface area contributed by atoms with Gasteiger partial charge in [0, 0.05) is 18.7 Å². The van der Waals surface area contributed by atoms with E-state index in [2.05, 4.69) is 0 Å². The third kappa shape index (κ3) is 3.71. The molecule has 3 nitrogen and oxygen atoms in total. The Morgan fingerprint density at radius 2 is 1.95 bits per heavy atom. The topological polar surface area (TPSA) is 37.4 Å². The van der Waals surface area contributed by atoms with Crippen LogP contribution in [-0.4, -0.2) is 25.8 Å². The lowest BCUT2D eigenvalue weighted by Crippen LogP contribution is -2.32. The average Bonchev–Trinajstić information content (AvgIpc) is 2.42. The Morgan fingerprint density at radius 1 is 1.30 bits per heavy atom. The monoisotopic (exact) mass is 321 g/mol. The third-order valence-corrected chi connectivity index (χ3v) is 5.44. The van der Waals surface area contributed by atoms with Crippen molar-refractivity contribution in [2.45, 2.75) is 44.4 Å². The van der Waals surface area contributed by atoms with Crippen molar-refractivity contribution in [2.24, 2.45) is 0 Å². The quantitative estimate of drug-likeness (QED) is 0.718. The van der Waals surface area contributed by atoms with E-state index in [1.807, 2.05) is 6.92 Å². The molecular weight excluding hydrogens is 301 g/mol. The maximum atomic E-state index is 13.8. The van der Waals surface area contributed by atoms with Gasteiger partial charge in [0.05, 0.1) is 10.8 Å². The van der Waals surface area contributed by atoms with E-state index in [4.69, 9.17) is 11.6 Å². The van der Waals surface area contributed by atoms with Crippen LogP contribution in [0.4, 0.5) is 4.39 Å². The van der Waals surface area contributed by atoms with Crippen molar-refractivity contribution in [1.29, 1.82) is 0 Å². The molecular formula is C14H21ClFNO2S. The van der Waals surface area contributed by atoms with Crippen LogP contribution in [0.2, 0.25) is 0 Å². The van der Waals surface area contributed by atoms with Crippen molar-refractivity contribution >= 4 is 21.6 Å². The normalized spacial score (nSPS) is 12.1. The van der Waals surface area contributed by atoms with Gasteiger partial charge >= 0.3 is 0 Å². The number of benzene rings is 1. The standard InChI is InChI=1S/C14H21ClFNO2S/c1-4-6-7-17(5-2)20(18,19)13-8-11(3)14(16)12(9-13)10-15/h8-9H,4-7,10H2,1-3H3. The zero-order chi connectivity index (χ0) is 15.3. The second kappa shape index (κ2) is 7.38. The van der Waals surface area contributed by atoms with Crippen molar-refractivity contribution in [3.05, 3.63) is 29.1 Å². The number of aryl methyl sites for hydroxylation is 1. The van der Waals surface area contributed by atoms with Gasteiger partial charge in [0.1, 0.15) is 5.82 Å². The van der Waals surface area contributed by atoms with Crippen LogP contribution in [0.3, 0.4) is 0 Å². The van der Waals surface area contributed by atoms with Crippen molar-refractivity contribution in [3.8, 4) is 0 Å². The van der Waals surface area contributed by atoms with Crippen molar-refractivity contribution in [3.63, 3.8) is 0 Å². The Balaban J connectivity index is 3.23. The number of sulfonamides is 1. The van der Waals surface area contributed by atoms with E-state index in [0.29, 0.717) is 18.7 Å². The summed E-state index contributed by atoms with van der Waals surface area (Å²) in [5.41, 5.74) is 0.519. The Hall–Kier alpha value is -0.650. The van der Waals surface area contributed by atoms with E-state index in [9.17, 15) is 12.8 Å². The largest absolute Gasteiger partial charge is 0.243 e. The molecule has 0 saturated heterocycles. The molecule has 1 rings (SSSR count). The van der Waals surface area contributed by atoms with Crippen LogP contribution in [0.5, 0.6) is 0 Å². The number of alkyl halides is 1. The Labute approximate surface area is 125 Å². The van der Waals surface area contributed by atoms with E-state index in [1.54, 1.807) is 13.8 Å². The van der Waals surface area contributed by atoms with Gasteiger partial charge in [0.25, 0.3) is 0 Å². The molecule has 6 heteroatoms. The van der Waals surface area contributed by atoms with Crippen LogP contribution >= 0.6 is 11.6 Å². The minimum atomic E-state index is -3.59. The fourth-order valence-electron chi connectivity index (χ4n) is 1.98. The van der Waals surface area contributed by atoms with Gasteiger partial charge in [-0.25, -0.2) is 12.8 Å². The Bertz CT molecular complexity index is 561. The number of rotatable bonds is 7. The van der Waals surface area contributed by atoms with Crippen LogP contribution < -0.4 is 0 Å². The van der Waals surface area contributed by atoms with Gasteiger partial charge in [-0.3, -0.25) is 0 Å². The first-order valence-corrected chi connectivity index (χ1v) is 8.71. The van der Waals surface area contributed by atoms with Crippen LogP contribution in [0.1, 0.15) is 37.8 Å². The molecule has 0 aliphatic heterocycles. The van der Waals surface area contributed by atoms with E-state index >= 15 is 0 Å². The lowest BCUT2D eigenvalue weighted by Gasteiger charge is -2.21. The molecule has 0 spiro atoms. The first kappa shape index (κ1) is 17.4. The van der Waals surface area contributed by atoms with Gasteiger partial charge in [0.2, 0.25) is 10.0 Å². The van der Waals surface area contributed by atoms with Gasteiger partial charge in [-0.15, -0.1) is 11.6 Å². The predicted molar refractivity (Wildman–Crippen MR) is 80.0 cm³/mol. The molecule has 0 atom stereocenters. The van der Waals surface area contributed by atoms with Crippen LogP contribution in [0.25, 0.3) is 0 Å². The summed E-state index contributed by atoms with van der Waals surface area (Å²) in [6.07, 6.45) is 1.72. The maximum Gasteiger partial charge on any atom is 0.243 e. The summed E-state index contributed by atoms with van der Waals surface area (Å²) in [6.45, 7) is 6.23. The molecule has 0 N–H and O–H groups in total. The minimum absolute atomic E-state index is 0.0445. The Kier molecular flexibility index (Phi) is 6.43. The Morgan fingerprint density at radius 3 is 2.45 bits per heavy atom. The highest BCUT2D eigenvalue weighted by Gasteiger charge is 2.24. The molecule has 0 saturated carbocycles. The number of nitrogens with zero attached hydrogens (tertiary/aromatic N) is 1. The molecule has 1 aromatic carbocycles. The molecule has 0 unspecified atom stereocenters. The molecule has 0 bridgehead atoms. The summed E-state index contributed by atoms with van der Waals surface area (Å²) in [4.78, 5) is 0.116. The highest BCUT2D eigenvalue weighted by Crippen LogP contribution is 2.23. The number of halogens is 2. The van der Waals surface area contributed by atoms with Crippen LogP contribution in [0.15, 0.2) is 17.0 Å². The van der Waals surface area contributed by atoms with Crippen LogP contribution in [0, 0.1) is 12.7 Å². The SMILES string of the molecule is CCCCN(CC)S(=O)(=O)c1cc(C)c(F)c(CCl)c1. The number of unbranched alkanes of at least 4 members (excludes halogenated alkanes) is 1. The lowest BCUT2D eigenvalue weighted by molar-refractivity contribution is 0.418. The fourth-order valence-corrected chi connectivity index (χ4v) is 3.80. The first-order valence-electron chi connectivity index (χ1n) is 6.73. The van der Waals surface area contributed by atoms with E-state index in [1.165, 1.54) is 16.4 Å². The molecule has 0 fully saturated rings.